The number of ether oxygens (including phenoxy) is 2. The van der Waals surface area contributed by atoms with Gasteiger partial charge in [-0.3, -0.25) is 4.79 Å². The molecule has 11 heteroatoms. The molecule has 0 spiro atoms. The zero-order chi connectivity index (χ0) is 20.5. The predicted octanol–water partition coefficient (Wildman–Crippen LogP) is -1.74. The Kier molecular flexibility index (Phi) is 9.22. The number of nitrogens with zero attached hydrogens (tertiary/aromatic N) is 3. The van der Waals surface area contributed by atoms with Gasteiger partial charge in [-0.2, -0.15) is 0 Å². The first-order valence-electron chi connectivity index (χ1n) is 9.56. The molecule has 28 heavy (non-hydrogen) atoms. The van der Waals surface area contributed by atoms with Crippen molar-refractivity contribution in [1.82, 2.24) is 20.3 Å². The van der Waals surface area contributed by atoms with Gasteiger partial charge in [-0.25, -0.2) is 4.68 Å². The fourth-order valence-corrected chi connectivity index (χ4v) is 3.10. The quantitative estimate of drug-likeness (QED) is 0.271. The molecule has 1 aromatic heterocycles. The molecule has 5 unspecified atom stereocenters. The van der Waals surface area contributed by atoms with Gasteiger partial charge in [0.05, 0.1) is 19.3 Å². The summed E-state index contributed by atoms with van der Waals surface area (Å²) in [6.07, 6.45) is 0.951. The molecular formula is C17H31N5O6. The smallest absolute Gasteiger partial charge is 0.217 e. The van der Waals surface area contributed by atoms with E-state index in [0.717, 1.165) is 25.7 Å². The van der Waals surface area contributed by atoms with Crippen molar-refractivity contribution in [3.05, 3.63) is 11.9 Å². The van der Waals surface area contributed by atoms with Gasteiger partial charge in [0.2, 0.25) is 5.91 Å². The van der Waals surface area contributed by atoms with E-state index < -0.39 is 30.6 Å². The van der Waals surface area contributed by atoms with Crippen molar-refractivity contribution < 1.29 is 29.6 Å². The average molecular weight is 401 g/mol. The number of hydrogen-bond donors (Lipinski definition) is 5. The highest BCUT2D eigenvalue weighted by Crippen LogP contribution is 2.24. The number of unbranched alkanes of at least 4 members (excludes halogenated alkanes) is 3. The van der Waals surface area contributed by atoms with Crippen molar-refractivity contribution in [2.75, 3.05) is 13.2 Å². The molecule has 5 atom stereocenters. The highest BCUT2D eigenvalue weighted by atomic mass is 16.7. The number of hydrogen-bond acceptors (Lipinski definition) is 9. The molecule has 1 aliphatic heterocycles. The summed E-state index contributed by atoms with van der Waals surface area (Å²) in [5.41, 5.74) is 5.86. The third-order valence-electron chi connectivity index (χ3n) is 4.57. The number of aliphatic hydroxyl groups is 3. The highest BCUT2D eigenvalue weighted by Gasteiger charge is 2.45. The number of aromatic nitrogens is 3. The van der Waals surface area contributed by atoms with Crippen molar-refractivity contribution in [3.63, 3.8) is 0 Å². The summed E-state index contributed by atoms with van der Waals surface area (Å²) in [5, 5.41) is 40.2. The van der Waals surface area contributed by atoms with Crippen LogP contribution in [0.3, 0.4) is 0 Å². The van der Waals surface area contributed by atoms with Crippen LogP contribution in [0.25, 0.3) is 0 Å². The van der Waals surface area contributed by atoms with Gasteiger partial charge in [0.1, 0.15) is 30.0 Å². The molecule has 0 bridgehead atoms. The Morgan fingerprint density at radius 3 is 2.71 bits per heavy atom. The highest BCUT2D eigenvalue weighted by molar-refractivity contribution is 5.73. The lowest BCUT2D eigenvalue weighted by Crippen LogP contribution is -2.64. The molecule has 0 aromatic carbocycles. The fraction of sp³-hybridized carbons (Fsp3) is 0.824. The molecule has 2 rings (SSSR count). The van der Waals surface area contributed by atoms with Gasteiger partial charge in [0, 0.05) is 13.5 Å². The van der Waals surface area contributed by atoms with E-state index in [1.165, 1.54) is 17.8 Å². The molecule has 1 fully saturated rings. The Balaban J connectivity index is 1.98. The molecule has 0 radical (unpaired) electrons. The lowest BCUT2D eigenvalue weighted by Gasteiger charge is -2.42. The molecule has 11 nitrogen and oxygen atoms in total. The van der Waals surface area contributed by atoms with Gasteiger partial charge in [0.15, 0.2) is 6.29 Å². The zero-order valence-electron chi connectivity index (χ0n) is 16.1. The van der Waals surface area contributed by atoms with E-state index in [-0.39, 0.29) is 19.1 Å². The molecule has 2 heterocycles. The van der Waals surface area contributed by atoms with Gasteiger partial charge in [0.25, 0.3) is 0 Å². The van der Waals surface area contributed by atoms with E-state index in [9.17, 15) is 15.0 Å². The predicted molar refractivity (Wildman–Crippen MR) is 97.7 cm³/mol. The molecule has 1 aliphatic rings. The van der Waals surface area contributed by atoms with E-state index in [2.05, 4.69) is 15.6 Å². The summed E-state index contributed by atoms with van der Waals surface area (Å²) in [6, 6.07) is -0.892. The molecule has 160 valence electrons. The largest absolute Gasteiger partial charge is 0.390 e. The van der Waals surface area contributed by atoms with E-state index >= 15 is 0 Å². The summed E-state index contributed by atoms with van der Waals surface area (Å²) < 4.78 is 13.0. The number of carbonyl (C=O) groups is 1. The minimum atomic E-state index is -1.27. The maximum atomic E-state index is 11.5. The number of carbonyl (C=O) groups excluding carboxylic acids is 1. The second kappa shape index (κ2) is 11.4. The molecular weight excluding hydrogens is 370 g/mol. The molecule has 1 saturated heterocycles. The first kappa shape index (κ1) is 22.7. The first-order valence-corrected chi connectivity index (χ1v) is 9.56. The van der Waals surface area contributed by atoms with Crippen LogP contribution in [0.15, 0.2) is 6.20 Å². The molecule has 1 aromatic rings. The zero-order valence-corrected chi connectivity index (χ0v) is 16.1. The van der Waals surface area contributed by atoms with E-state index in [1.807, 2.05) is 0 Å². The summed E-state index contributed by atoms with van der Waals surface area (Å²) in [5.74, 6) is -0.362. The lowest BCUT2D eigenvalue weighted by molar-refractivity contribution is -0.267. The maximum absolute atomic E-state index is 11.5. The van der Waals surface area contributed by atoms with Gasteiger partial charge in [-0.05, 0) is 19.4 Å². The molecule has 0 aliphatic carbocycles. The molecule has 6 N–H and O–H groups in total. The summed E-state index contributed by atoms with van der Waals surface area (Å²) in [7, 11) is 0. The topological polar surface area (TPSA) is 165 Å². The molecule has 0 saturated carbocycles. The Morgan fingerprint density at radius 2 is 2.07 bits per heavy atom. The third-order valence-corrected chi connectivity index (χ3v) is 4.57. The van der Waals surface area contributed by atoms with E-state index in [4.69, 9.17) is 20.3 Å². The van der Waals surface area contributed by atoms with E-state index in [1.54, 1.807) is 0 Å². The SMILES string of the molecule is CC(=O)NC1C(OCCCCCCN)OC(Cn2cc(CO)nn2)C(O)C1O. The van der Waals surface area contributed by atoms with Crippen LogP contribution in [0.5, 0.6) is 0 Å². The summed E-state index contributed by atoms with van der Waals surface area (Å²) >= 11 is 0. The van der Waals surface area contributed by atoms with E-state index in [0.29, 0.717) is 18.8 Å². The van der Waals surface area contributed by atoms with Gasteiger partial charge < -0.3 is 35.8 Å². The Labute approximate surface area is 163 Å². The minimum Gasteiger partial charge on any atom is -0.390 e. The van der Waals surface area contributed by atoms with Crippen LogP contribution in [0.1, 0.15) is 38.3 Å². The Bertz CT molecular complexity index is 600. The third kappa shape index (κ3) is 6.47. The maximum Gasteiger partial charge on any atom is 0.217 e. The Hall–Kier alpha value is -1.63. The van der Waals surface area contributed by atoms with Crippen LogP contribution in [0, 0.1) is 0 Å². The standard InChI is InChI=1S/C17H31N5O6/c1-11(24)19-14-16(26)15(25)13(9-22-8-12(10-23)20-21-22)28-17(14)27-7-5-3-2-4-6-18/h8,13-17,23,25-26H,2-7,9-10,18H2,1H3,(H,19,24). The van der Waals surface area contributed by atoms with Crippen LogP contribution < -0.4 is 11.1 Å². The molecule has 1 amide bonds. The van der Waals surface area contributed by atoms with Gasteiger partial charge in [-0.15, -0.1) is 5.10 Å². The lowest BCUT2D eigenvalue weighted by atomic mass is 9.96. The van der Waals surface area contributed by atoms with Crippen molar-refractivity contribution in [2.24, 2.45) is 5.73 Å². The van der Waals surface area contributed by atoms with Crippen LogP contribution in [-0.4, -0.2) is 80.0 Å². The number of aliphatic hydroxyl groups excluding tert-OH is 3. The second-order valence-corrected chi connectivity index (χ2v) is 6.91. The van der Waals surface area contributed by atoms with Crippen molar-refractivity contribution in [1.29, 1.82) is 0 Å². The van der Waals surface area contributed by atoms with Crippen molar-refractivity contribution in [3.8, 4) is 0 Å². The summed E-state index contributed by atoms with van der Waals surface area (Å²) in [6.45, 7) is 2.22. The fourth-order valence-electron chi connectivity index (χ4n) is 3.10. The summed E-state index contributed by atoms with van der Waals surface area (Å²) in [4.78, 5) is 11.5. The van der Waals surface area contributed by atoms with Crippen LogP contribution in [0.2, 0.25) is 0 Å². The number of nitrogens with one attached hydrogen (secondary N) is 1. The first-order chi connectivity index (χ1) is 13.5. The average Bonchev–Trinajstić information content (AvgIpc) is 3.12. The van der Waals surface area contributed by atoms with Crippen LogP contribution in [0.4, 0.5) is 0 Å². The number of amides is 1. The Morgan fingerprint density at radius 1 is 1.32 bits per heavy atom. The number of nitrogens with two attached hydrogens (primary N) is 1. The normalized spacial score (nSPS) is 27.7. The monoisotopic (exact) mass is 401 g/mol. The van der Waals surface area contributed by atoms with Gasteiger partial charge in [-0.1, -0.05) is 18.1 Å². The second-order valence-electron chi connectivity index (χ2n) is 6.91. The van der Waals surface area contributed by atoms with Crippen LogP contribution >= 0.6 is 0 Å². The van der Waals surface area contributed by atoms with Crippen molar-refractivity contribution in [2.45, 2.75) is 76.4 Å². The van der Waals surface area contributed by atoms with Crippen LogP contribution in [-0.2, 0) is 27.4 Å². The number of rotatable bonds is 11. The van der Waals surface area contributed by atoms with Gasteiger partial charge >= 0.3 is 0 Å². The van der Waals surface area contributed by atoms with Crippen molar-refractivity contribution >= 4 is 5.91 Å². The minimum absolute atomic E-state index is 0.106.